The van der Waals surface area contributed by atoms with Crippen LogP contribution in [0, 0.1) is 5.92 Å². The standard InChI is InChI=1S/C26H23BrN2O4/c1-2-15-32-21-13-11-19(12-14-21)28-25(30)22-23(17-7-6-8-18(27)16-17)29(33-24(22)26(28)31)20-9-4-3-5-10-20/h3-14,16,22-24H,2,15H2,1H3/t22-,23-,24-/m1/s1. The molecule has 33 heavy (non-hydrogen) atoms. The Morgan fingerprint density at radius 1 is 0.909 bits per heavy atom. The Kier molecular flexibility index (Phi) is 5.91. The third-order valence-corrected chi connectivity index (χ3v) is 6.38. The van der Waals surface area contributed by atoms with Crippen molar-refractivity contribution in [3.05, 3.63) is 88.9 Å². The Morgan fingerprint density at radius 2 is 1.67 bits per heavy atom. The van der Waals surface area contributed by atoms with Gasteiger partial charge in [0.2, 0.25) is 5.91 Å². The van der Waals surface area contributed by atoms with Gasteiger partial charge in [0.25, 0.3) is 5.91 Å². The summed E-state index contributed by atoms with van der Waals surface area (Å²) in [5.74, 6) is -0.581. The lowest BCUT2D eigenvalue weighted by Gasteiger charge is -2.29. The highest BCUT2D eigenvalue weighted by molar-refractivity contribution is 9.10. The maximum absolute atomic E-state index is 13.7. The van der Waals surface area contributed by atoms with Crippen molar-refractivity contribution in [3.63, 3.8) is 0 Å². The highest BCUT2D eigenvalue weighted by atomic mass is 79.9. The van der Waals surface area contributed by atoms with Gasteiger partial charge < -0.3 is 4.74 Å². The molecule has 0 unspecified atom stereocenters. The first-order valence-electron chi connectivity index (χ1n) is 11.0. The fourth-order valence-corrected chi connectivity index (χ4v) is 4.83. The van der Waals surface area contributed by atoms with Crippen LogP contribution in [0.15, 0.2) is 83.3 Å². The van der Waals surface area contributed by atoms with Crippen LogP contribution in [0.4, 0.5) is 11.4 Å². The van der Waals surface area contributed by atoms with E-state index in [4.69, 9.17) is 9.57 Å². The number of nitrogens with zero attached hydrogens (tertiary/aromatic N) is 2. The molecule has 3 aromatic rings. The van der Waals surface area contributed by atoms with Crippen LogP contribution in [0.5, 0.6) is 5.75 Å². The number of imide groups is 1. The molecule has 2 aliphatic rings. The highest BCUT2D eigenvalue weighted by Gasteiger charge is 2.60. The average molecular weight is 507 g/mol. The first-order valence-corrected chi connectivity index (χ1v) is 11.7. The van der Waals surface area contributed by atoms with E-state index < -0.39 is 18.1 Å². The second-order valence-corrected chi connectivity index (χ2v) is 8.98. The molecule has 5 rings (SSSR count). The zero-order chi connectivity index (χ0) is 22.9. The van der Waals surface area contributed by atoms with Crippen molar-refractivity contribution in [2.45, 2.75) is 25.5 Å². The predicted octanol–water partition coefficient (Wildman–Crippen LogP) is 5.29. The van der Waals surface area contributed by atoms with Crippen LogP contribution < -0.4 is 14.7 Å². The van der Waals surface area contributed by atoms with E-state index in [2.05, 4.69) is 15.9 Å². The van der Waals surface area contributed by atoms with Gasteiger partial charge in [0, 0.05) is 4.47 Å². The first-order chi connectivity index (χ1) is 16.1. The molecule has 2 fully saturated rings. The van der Waals surface area contributed by atoms with Crippen molar-refractivity contribution in [3.8, 4) is 5.75 Å². The van der Waals surface area contributed by atoms with E-state index in [0.717, 1.165) is 22.1 Å². The van der Waals surface area contributed by atoms with Crippen molar-refractivity contribution >= 4 is 39.1 Å². The van der Waals surface area contributed by atoms with E-state index in [1.807, 2.05) is 61.5 Å². The predicted molar refractivity (Wildman–Crippen MR) is 129 cm³/mol. The summed E-state index contributed by atoms with van der Waals surface area (Å²) in [6.45, 7) is 2.65. The third-order valence-electron chi connectivity index (χ3n) is 5.88. The summed E-state index contributed by atoms with van der Waals surface area (Å²) in [4.78, 5) is 34.5. The molecule has 3 aromatic carbocycles. The van der Waals surface area contributed by atoms with Gasteiger partial charge in [0.15, 0.2) is 6.10 Å². The summed E-state index contributed by atoms with van der Waals surface area (Å²) in [5.41, 5.74) is 2.21. The van der Waals surface area contributed by atoms with Crippen LogP contribution in [-0.4, -0.2) is 24.5 Å². The number of para-hydroxylation sites is 1. The molecule has 0 aliphatic carbocycles. The van der Waals surface area contributed by atoms with Crippen LogP contribution in [0.2, 0.25) is 0 Å². The maximum Gasteiger partial charge on any atom is 0.266 e. The first kappa shape index (κ1) is 21.7. The van der Waals surface area contributed by atoms with E-state index in [1.165, 1.54) is 4.90 Å². The molecule has 2 amide bonds. The number of fused-ring (bicyclic) bond motifs is 1. The number of amides is 2. The number of carbonyl (C=O) groups is 2. The van der Waals surface area contributed by atoms with Gasteiger partial charge in [0.05, 0.1) is 24.0 Å². The molecule has 6 nitrogen and oxygen atoms in total. The summed E-state index contributed by atoms with van der Waals surface area (Å²) in [5, 5.41) is 1.70. The number of carbonyl (C=O) groups excluding carboxylic acids is 2. The van der Waals surface area contributed by atoms with Crippen LogP contribution in [-0.2, 0) is 14.4 Å². The lowest BCUT2D eigenvalue weighted by Crippen LogP contribution is -2.37. The molecule has 0 aromatic heterocycles. The smallest absolute Gasteiger partial charge is 0.266 e. The van der Waals surface area contributed by atoms with Crippen molar-refractivity contribution in [2.24, 2.45) is 5.92 Å². The minimum atomic E-state index is -0.891. The lowest BCUT2D eigenvalue weighted by molar-refractivity contribution is -0.126. The number of rotatable bonds is 6. The van der Waals surface area contributed by atoms with E-state index in [9.17, 15) is 9.59 Å². The van der Waals surface area contributed by atoms with E-state index >= 15 is 0 Å². The third kappa shape index (κ3) is 3.92. The molecule has 168 valence electrons. The van der Waals surface area contributed by atoms with E-state index in [-0.39, 0.29) is 11.8 Å². The van der Waals surface area contributed by atoms with Crippen molar-refractivity contribution in [1.82, 2.24) is 0 Å². The quantitative estimate of drug-likeness (QED) is 0.425. The van der Waals surface area contributed by atoms with Gasteiger partial charge in [-0.2, -0.15) is 0 Å². The molecular weight excluding hydrogens is 484 g/mol. The normalized spacial score (nSPS) is 22.1. The average Bonchev–Trinajstić information content (AvgIpc) is 3.35. The van der Waals surface area contributed by atoms with Crippen LogP contribution in [0.3, 0.4) is 0 Å². The second-order valence-electron chi connectivity index (χ2n) is 8.07. The fourth-order valence-electron chi connectivity index (χ4n) is 4.41. The Balaban J connectivity index is 1.50. The molecular formula is C26H23BrN2O4. The summed E-state index contributed by atoms with van der Waals surface area (Å²) < 4.78 is 6.52. The molecule has 2 heterocycles. The molecule has 0 bridgehead atoms. The van der Waals surface area contributed by atoms with Gasteiger partial charge in [0.1, 0.15) is 11.7 Å². The van der Waals surface area contributed by atoms with Gasteiger partial charge in [-0.15, -0.1) is 0 Å². The SMILES string of the molecule is CCCOc1ccc(N2C(=O)[C@@H]3[C@@H](c4cccc(Br)c4)N(c4ccccc4)O[C@H]3C2=O)cc1. The summed E-state index contributed by atoms with van der Waals surface area (Å²) in [7, 11) is 0. The number of benzene rings is 3. The number of ether oxygens (including phenoxy) is 1. The van der Waals surface area contributed by atoms with Gasteiger partial charge in [-0.05, 0) is 60.5 Å². The molecule has 3 atom stereocenters. The summed E-state index contributed by atoms with van der Waals surface area (Å²) in [6.07, 6.45) is 0.0122. The number of anilines is 2. The molecule has 7 heteroatoms. The van der Waals surface area contributed by atoms with E-state index in [0.29, 0.717) is 18.0 Å². The van der Waals surface area contributed by atoms with Gasteiger partial charge in [-0.3, -0.25) is 14.4 Å². The zero-order valence-electron chi connectivity index (χ0n) is 18.1. The van der Waals surface area contributed by atoms with Crippen LogP contribution in [0.25, 0.3) is 0 Å². The lowest BCUT2D eigenvalue weighted by atomic mass is 9.90. The number of hydrogen-bond acceptors (Lipinski definition) is 5. The maximum atomic E-state index is 13.7. The van der Waals surface area contributed by atoms with Gasteiger partial charge >= 0.3 is 0 Å². The van der Waals surface area contributed by atoms with Gasteiger partial charge in [-0.1, -0.05) is 53.2 Å². The number of hydrogen-bond donors (Lipinski definition) is 0. The Labute approximate surface area is 200 Å². The summed E-state index contributed by atoms with van der Waals surface area (Å²) in [6, 6.07) is 23.9. The Morgan fingerprint density at radius 3 is 2.36 bits per heavy atom. The van der Waals surface area contributed by atoms with Crippen molar-refractivity contribution in [1.29, 1.82) is 0 Å². The molecule has 2 aliphatic heterocycles. The largest absolute Gasteiger partial charge is 0.494 e. The fraction of sp³-hybridized carbons (Fsp3) is 0.231. The molecule has 0 N–H and O–H groups in total. The number of hydroxylamine groups is 1. The molecule has 0 spiro atoms. The molecule has 0 radical (unpaired) electrons. The topological polar surface area (TPSA) is 59.1 Å². The Bertz CT molecular complexity index is 1170. The van der Waals surface area contributed by atoms with Crippen LogP contribution in [0.1, 0.15) is 24.9 Å². The molecule has 2 saturated heterocycles. The van der Waals surface area contributed by atoms with E-state index in [1.54, 1.807) is 29.3 Å². The van der Waals surface area contributed by atoms with Gasteiger partial charge in [-0.25, -0.2) is 9.96 Å². The van der Waals surface area contributed by atoms with Crippen LogP contribution >= 0.6 is 15.9 Å². The molecule has 0 saturated carbocycles. The minimum absolute atomic E-state index is 0.268. The Hall–Kier alpha value is -3.16. The second kappa shape index (κ2) is 9.00. The zero-order valence-corrected chi connectivity index (χ0v) is 19.6. The number of halogens is 1. The van der Waals surface area contributed by atoms with Crippen molar-refractivity contribution < 1.29 is 19.2 Å². The van der Waals surface area contributed by atoms with Crippen molar-refractivity contribution in [2.75, 3.05) is 16.6 Å². The highest BCUT2D eigenvalue weighted by Crippen LogP contribution is 2.47. The minimum Gasteiger partial charge on any atom is -0.494 e. The summed E-state index contributed by atoms with van der Waals surface area (Å²) >= 11 is 3.52. The monoisotopic (exact) mass is 506 g/mol.